The van der Waals surface area contributed by atoms with Crippen LogP contribution in [0.2, 0.25) is 0 Å². The van der Waals surface area contributed by atoms with Crippen molar-refractivity contribution in [2.45, 2.75) is 31.2 Å². The highest BCUT2D eigenvalue weighted by molar-refractivity contribution is 5.93. The summed E-state index contributed by atoms with van der Waals surface area (Å²) in [6.45, 7) is 0.980. The van der Waals surface area contributed by atoms with E-state index < -0.39 is 29.6 Å². The van der Waals surface area contributed by atoms with E-state index >= 15 is 0 Å². The first-order valence-electron chi connectivity index (χ1n) is 15.3. The number of hydrogen-bond acceptors (Lipinski definition) is 9. The number of halogens is 3. The lowest BCUT2D eigenvalue weighted by Crippen LogP contribution is -2.47. The lowest BCUT2D eigenvalue weighted by molar-refractivity contribution is -0.132. The maximum Gasteiger partial charge on any atom is 0.245 e. The Labute approximate surface area is 271 Å². The summed E-state index contributed by atoms with van der Waals surface area (Å²) in [5.41, 5.74) is 2.68. The fraction of sp³-hybridized carbons (Fsp3) is 0.273. The number of hydrogen-bond donors (Lipinski definition) is 1. The molecule has 6 heterocycles. The number of carbonyl (C=O) groups excluding carboxylic acids is 1. The van der Waals surface area contributed by atoms with Gasteiger partial charge in [0.05, 0.1) is 47.3 Å². The van der Waals surface area contributed by atoms with Crippen LogP contribution in [0.25, 0.3) is 39.0 Å². The van der Waals surface area contributed by atoms with Crippen molar-refractivity contribution >= 4 is 39.6 Å². The molecule has 2 aliphatic rings. The van der Waals surface area contributed by atoms with E-state index in [0.717, 1.165) is 12.1 Å². The Balaban J connectivity index is 1.22. The maximum atomic E-state index is 14.8. The van der Waals surface area contributed by atoms with E-state index in [-0.39, 0.29) is 24.2 Å². The molecule has 0 radical (unpaired) electrons. The van der Waals surface area contributed by atoms with Crippen molar-refractivity contribution in [1.29, 1.82) is 0 Å². The zero-order valence-electron chi connectivity index (χ0n) is 25.9. The van der Waals surface area contributed by atoms with Gasteiger partial charge >= 0.3 is 0 Å². The predicted octanol–water partition coefficient (Wildman–Crippen LogP) is 4.19. The first-order chi connectivity index (χ1) is 23.3. The summed E-state index contributed by atoms with van der Waals surface area (Å²) in [4.78, 5) is 36.0. The highest BCUT2D eigenvalue weighted by Crippen LogP contribution is 2.34. The van der Waals surface area contributed by atoms with Gasteiger partial charge in [-0.2, -0.15) is 5.10 Å². The number of nitrogens with one attached hydrogen (secondary N) is 1. The number of amides is 1. The summed E-state index contributed by atoms with van der Waals surface area (Å²) in [6.07, 6.45) is 4.48. The minimum atomic E-state index is -0.794. The Morgan fingerprint density at radius 3 is 2.69 bits per heavy atom. The number of aromatic nitrogens is 7. The second-order valence-corrected chi connectivity index (χ2v) is 12.0. The van der Waals surface area contributed by atoms with Gasteiger partial charge in [-0.1, -0.05) is 6.07 Å². The van der Waals surface area contributed by atoms with Gasteiger partial charge in [0.1, 0.15) is 41.3 Å². The monoisotopic (exact) mass is 654 g/mol. The average Bonchev–Trinajstić information content (AvgIpc) is 3.80. The molecule has 4 aromatic heterocycles. The SMILES string of the molecule is CO[C@H]1CN(C)C(=O)[C@@H]2C[C@@H](CN2c2ncnc3c2cnn3-c2ccc(F)cc2F)Nc2cccc(n2)-c2cc(F)cc3ncn(c23)C1. The number of methoxy groups -OCH3 is 1. The number of rotatable bonds is 3. The Morgan fingerprint density at radius 1 is 0.979 bits per heavy atom. The van der Waals surface area contributed by atoms with E-state index in [0.29, 0.717) is 64.5 Å². The molecular formula is C33H29F3N10O2. The van der Waals surface area contributed by atoms with Gasteiger partial charge in [0, 0.05) is 51.0 Å². The van der Waals surface area contributed by atoms with E-state index in [4.69, 9.17) is 9.72 Å². The summed E-state index contributed by atoms with van der Waals surface area (Å²) in [5.74, 6) is -1.08. The van der Waals surface area contributed by atoms with Crippen LogP contribution in [0.15, 0.2) is 67.4 Å². The minimum Gasteiger partial charge on any atom is -0.378 e. The lowest BCUT2D eigenvalue weighted by atomic mass is 10.1. The van der Waals surface area contributed by atoms with Crippen molar-refractivity contribution in [3.63, 3.8) is 0 Å². The second kappa shape index (κ2) is 11.6. The highest BCUT2D eigenvalue weighted by Gasteiger charge is 2.40. The fourth-order valence-electron chi connectivity index (χ4n) is 6.76. The number of nitrogens with zero attached hydrogens (tertiary/aromatic N) is 9. The highest BCUT2D eigenvalue weighted by atomic mass is 19.1. The number of imidazole rings is 1. The van der Waals surface area contributed by atoms with Crippen LogP contribution in [-0.4, -0.2) is 90.5 Å². The zero-order chi connectivity index (χ0) is 33.1. The third-order valence-electron chi connectivity index (χ3n) is 8.98. The maximum absolute atomic E-state index is 14.8. The average molecular weight is 655 g/mol. The molecule has 12 nitrogen and oxygen atoms in total. The molecule has 2 aliphatic heterocycles. The molecule has 8 rings (SSSR count). The Kier molecular flexibility index (Phi) is 7.20. The normalized spacial score (nSPS) is 19.9. The first kappa shape index (κ1) is 29.8. The van der Waals surface area contributed by atoms with Crippen molar-refractivity contribution in [3.05, 3.63) is 84.8 Å². The summed E-state index contributed by atoms with van der Waals surface area (Å²) < 4.78 is 52.3. The number of anilines is 2. The van der Waals surface area contributed by atoms with Gasteiger partial charge in [-0.3, -0.25) is 4.79 Å². The van der Waals surface area contributed by atoms with Crippen molar-refractivity contribution in [2.75, 3.05) is 37.5 Å². The summed E-state index contributed by atoms with van der Waals surface area (Å²) >= 11 is 0. The van der Waals surface area contributed by atoms with Gasteiger partial charge in [-0.25, -0.2) is 37.8 Å². The standard InChI is InChI=1S/C33H29F3N10O2/c1-43-14-21(48-2)15-44-17-39-26-10-19(35)8-22(30(26)44)25-4-3-5-29(42-25)41-20-11-28(33(43)47)45(13-20)31-23-12-40-46(32(23)38-16-37-31)27-7-6-18(34)9-24(27)36/h3-10,12,16-17,20-21,28H,11,13-15H2,1-2H3,(H,41,42)/t20-,21-,28-/m0/s1. The van der Waals surface area contributed by atoms with E-state index in [1.165, 1.54) is 35.4 Å². The molecule has 2 aromatic carbocycles. The van der Waals surface area contributed by atoms with Crippen LogP contribution in [0.1, 0.15) is 6.42 Å². The molecule has 244 valence electrons. The van der Waals surface area contributed by atoms with Crippen molar-refractivity contribution in [1.82, 2.24) is 39.2 Å². The third kappa shape index (κ3) is 5.06. The number of benzene rings is 2. The molecule has 6 aromatic rings. The van der Waals surface area contributed by atoms with Gasteiger partial charge in [-0.05, 0) is 36.8 Å². The van der Waals surface area contributed by atoms with E-state index in [2.05, 4.69) is 25.4 Å². The minimum absolute atomic E-state index is 0.0269. The number of likely N-dealkylation sites (N-methyl/N-ethyl adjacent to an activating group) is 1. The van der Waals surface area contributed by atoms with Crippen LogP contribution >= 0.6 is 0 Å². The van der Waals surface area contributed by atoms with E-state index in [9.17, 15) is 18.0 Å². The van der Waals surface area contributed by atoms with Gasteiger partial charge < -0.3 is 24.4 Å². The van der Waals surface area contributed by atoms with Crippen LogP contribution in [-0.2, 0) is 16.1 Å². The Hall–Kier alpha value is -5.57. The summed E-state index contributed by atoms with van der Waals surface area (Å²) in [7, 11) is 3.32. The molecule has 0 spiro atoms. The van der Waals surface area contributed by atoms with Crippen LogP contribution in [0.5, 0.6) is 0 Å². The molecule has 48 heavy (non-hydrogen) atoms. The van der Waals surface area contributed by atoms with Crippen molar-refractivity contribution in [2.24, 2.45) is 0 Å². The fourth-order valence-corrected chi connectivity index (χ4v) is 6.76. The van der Waals surface area contributed by atoms with Gasteiger partial charge in [-0.15, -0.1) is 0 Å². The van der Waals surface area contributed by atoms with E-state index in [1.54, 1.807) is 25.4 Å². The molecule has 1 amide bonds. The molecule has 0 unspecified atom stereocenters. The zero-order valence-corrected chi connectivity index (χ0v) is 25.9. The van der Waals surface area contributed by atoms with Crippen molar-refractivity contribution < 1.29 is 22.7 Å². The Morgan fingerprint density at radius 2 is 1.85 bits per heavy atom. The molecular weight excluding hydrogens is 625 g/mol. The molecule has 3 atom stereocenters. The molecule has 1 saturated heterocycles. The third-order valence-corrected chi connectivity index (χ3v) is 8.98. The molecule has 0 aliphatic carbocycles. The topological polar surface area (TPSA) is 119 Å². The Bertz CT molecular complexity index is 2200. The van der Waals surface area contributed by atoms with Crippen LogP contribution < -0.4 is 10.2 Å². The van der Waals surface area contributed by atoms with Crippen LogP contribution in [0.3, 0.4) is 0 Å². The second-order valence-electron chi connectivity index (χ2n) is 12.0. The van der Waals surface area contributed by atoms with Gasteiger partial charge in [0.2, 0.25) is 5.91 Å². The number of pyridine rings is 1. The van der Waals surface area contributed by atoms with Gasteiger partial charge in [0.25, 0.3) is 0 Å². The summed E-state index contributed by atoms with van der Waals surface area (Å²) in [6, 6.07) is 10.7. The van der Waals surface area contributed by atoms with Crippen LogP contribution in [0, 0.1) is 17.5 Å². The first-order valence-corrected chi connectivity index (χ1v) is 15.3. The molecule has 4 bridgehead atoms. The molecule has 1 fully saturated rings. The summed E-state index contributed by atoms with van der Waals surface area (Å²) in [5, 5.41) is 8.33. The number of carbonyl (C=O) groups is 1. The smallest absolute Gasteiger partial charge is 0.245 e. The van der Waals surface area contributed by atoms with E-state index in [1.807, 2.05) is 27.7 Å². The number of fused-ring (bicyclic) bond motifs is 6. The quantitative estimate of drug-likeness (QED) is 0.300. The lowest BCUT2D eigenvalue weighted by Gasteiger charge is -2.30. The number of ether oxygens (including phenoxy) is 1. The van der Waals surface area contributed by atoms with Crippen molar-refractivity contribution in [3.8, 4) is 16.9 Å². The molecule has 1 N–H and O–H groups in total. The predicted molar refractivity (Wildman–Crippen MR) is 171 cm³/mol. The van der Waals surface area contributed by atoms with Gasteiger partial charge in [0.15, 0.2) is 11.5 Å². The molecule has 15 heteroatoms. The molecule has 0 saturated carbocycles. The van der Waals surface area contributed by atoms with Crippen LogP contribution in [0.4, 0.5) is 24.8 Å². The largest absolute Gasteiger partial charge is 0.378 e.